The van der Waals surface area contributed by atoms with Crippen LogP contribution in [-0.2, 0) is 4.74 Å². The fourth-order valence-corrected chi connectivity index (χ4v) is 5.46. The van der Waals surface area contributed by atoms with Gasteiger partial charge in [0.05, 0.1) is 10.5 Å². The monoisotopic (exact) mass is 440 g/mol. The molecule has 0 aliphatic carbocycles. The minimum Gasteiger partial charge on any atom is -0.443 e. The zero-order valence-electron chi connectivity index (χ0n) is 17.7. The van der Waals surface area contributed by atoms with Gasteiger partial charge in [-0.1, -0.05) is 59.8 Å². The van der Waals surface area contributed by atoms with Crippen LogP contribution in [0.1, 0.15) is 48.8 Å². The zero-order valence-corrected chi connectivity index (χ0v) is 18.6. The van der Waals surface area contributed by atoms with E-state index in [-0.39, 0.29) is 0 Å². The Kier molecular flexibility index (Phi) is 5.31. The molecular formula is C23H24N2O5S. The van der Waals surface area contributed by atoms with E-state index in [2.05, 4.69) is 0 Å². The molecule has 0 radical (unpaired) electrons. The molecule has 1 N–H and O–H groups in total. The number of aliphatic hydroxyl groups is 1. The van der Waals surface area contributed by atoms with E-state index in [4.69, 9.17) is 4.74 Å². The van der Waals surface area contributed by atoms with Crippen LogP contribution >= 0.6 is 11.8 Å². The van der Waals surface area contributed by atoms with Crippen molar-refractivity contribution in [2.45, 2.75) is 55.7 Å². The summed E-state index contributed by atoms with van der Waals surface area (Å²) in [6, 6.07) is 13.3. The largest absolute Gasteiger partial charge is 0.443 e. The first-order chi connectivity index (χ1) is 14.6. The van der Waals surface area contributed by atoms with Gasteiger partial charge >= 0.3 is 6.09 Å². The highest BCUT2D eigenvalue weighted by Crippen LogP contribution is 2.53. The van der Waals surface area contributed by atoms with Gasteiger partial charge in [-0.15, -0.1) is 0 Å². The van der Waals surface area contributed by atoms with Gasteiger partial charge in [-0.3, -0.25) is 10.1 Å². The lowest BCUT2D eigenvalue weighted by molar-refractivity contribution is -0.536. The number of hydrogen-bond donors (Lipinski definition) is 1. The Morgan fingerprint density at radius 3 is 2.42 bits per heavy atom. The SMILES string of the molecule is Cc1ccc([C@H]2Sc3c(c4ccccc4n3C(=O)OC(C)(C)C)[C@@H](O)[C@@H]2[N+](=O)[O-])cc1. The van der Waals surface area contributed by atoms with Crippen LogP contribution in [0.5, 0.6) is 0 Å². The van der Waals surface area contributed by atoms with E-state index in [0.717, 1.165) is 11.1 Å². The van der Waals surface area contributed by atoms with Crippen LogP contribution in [0.25, 0.3) is 10.9 Å². The minimum absolute atomic E-state index is 0.400. The first-order valence-electron chi connectivity index (χ1n) is 10.00. The number of benzene rings is 2. The van der Waals surface area contributed by atoms with Crippen molar-refractivity contribution in [3.05, 3.63) is 75.3 Å². The van der Waals surface area contributed by atoms with Crippen LogP contribution < -0.4 is 0 Å². The molecule has 0 bridgehead atoms. The maximum atomic E-state index is 13.1. The van der Waals surface area contributed by atoms with E-state index in [9.17, 15) is 20.0 Å². The molecule has 162 valence electrons. The number of aliphatic hydroxyl groups excluding tert-OH is 1. The molecular weight excluding hydrogens is 416 g/mol. The summed E-state index contributed by atoms with van der Waals surface area (Å²) in [7, 11) is 0. The Bertz CT molecular complexity index is 1160. The van der Waals surface area contributed by atoms with Crippen molar-refractivity contribution in [3.8, 4) is 0 Å². The van der Waals surface area contributed by atoms with Gasteiger partial charge in [-0.25, -0.2) is 9.36 Å². The van der Waals surface area contributed by atoms with Crippen molar-refractivity contribution >= 4 is 28.8 Å². The first kappa shape index (κ1) is 21.4. The molecule has 2 aromatic carbocycles. The number of thioether (sulfide) groups is 1. The van der Waals surface area contributed by atoms with Crippen LogP contribution in [0.3, 0.4) is 0 Å². The summed E-state index contributed by atoms with van der Waals surface area (Å²) in [5.74, 6) is 0. The second-order valence-electron chi connectivity index (χ2n) is 8.72. The van der Waals surface area contributed by atoms with E-state index in [1.54, 1.807) is 45.0 Å². The van der Waals surface area contributed by atoms with E-state index >= 15 is 0 Å². The molecule has 3 aromatic rings. The third-order valence-corrected chi connectivity index (χ3v) is 6.69. The Hall–Kier alpha value is -2.84. The van der Waals surface area contributed by atoms with Crippen molar-refractivity contribution < 1.29 is 19.6 Å². The summed E-state index contributed by atoms with van der Waals surface area (Å²) in [6.07, 6.45) is -1.95. The summed E-state index contributed by atoms with van der Waals surface area (Å²) >= 11 is 1.22. The number of carbonyl (C=O) groups is 1. The summed E-state index contributed by atoms with van der Waals surface area (Å²) in [6.45, 7) is 7.28. The number of carbonyl (C=O) groups excluding carboxylic acids is 1. The fourth-order valence-electron chi connectivity index (χ4n) is 3.91. The van der Waals surface area contributed by atoms with Crippen molar-refractivity contribution in [1.29, 1.82) is 0 Å². The lowest BCUT2D eigenvalue weighted by Gasteiger charge is -2.30. The Morgan fingerprint density at radius 1 is 1.16 bits per heavy atom. The second-order valence-corrected chi connectivity index (χ2v) is 9.85. The highest BCUT2D eigenvalue weighted by Gasteiger charge is 2.49. The smallest absolute Gasteiger partial charge is 0.419 e. The maximum Gasteiger partial charge on any atom is 0.419 e. The van der Waals surface area contributed by atoms with E-state index in [1.165, 1.54) is 16.3 Å². The van der Waals surface area contributed by atoms with Crippen LogP contribution in [0.15, 0.2) is 53.6 Å². The van der Waals surface area contributed by atoms with Crippen LogP contribution in [-0.4, -0.2) is 32.3 Å². The molecule has 3 atom stereocenters. The number of ether oxygens (including phenoxy) is 1. The molecule has 7 nitrogen and oxygen atoms in total. The number of nitro groups is 1. The molecule has 1 aromatic heterocycles. The average molecular weight is 441 g/mol. The molecule has 2 heterocycles. The second kappa shape index (κ2) is 7.69. The molecule has 0 saturated carbocycles. The summed E-state index contributed by atoms with van der Waals surface area (Å²) in [4.78, 5) is 24.7. The molecule has 31 heavy (non-hydrogen) atoms. The maximum absolute atomic E-state index is 13.1. The Morgan fingerprint density at radius 2 is 1.81 bits per heavy atom. The number of para-hydroxylation sites is 1. The zero-order chi connectivity index (χ0) is 22.5. The predicted octanol–water partition coefficient (Wildman–Crippen LogP) is 5.26. The number of fused-ring (bicyclic) bond motifs is 3. The van der Waals surface area contributed by atoms with Gasteiger partial charge in [0.2, 0.25) is 0 Å². The summed E-state index contributed by atoms with van der Waals surface area (Å²) in [5.41, 5.74) is 2.00. The van der Waals surface area contributed by atoms with Gasteiger partial charge < -0.3 is 9.84 Å². The standard InChI is InChI=1S/C23H24N2O5S/c1-13-9-11-14(12-10-13)20-18(25(28)29)19(26)17-15-7-5-6-8-16(15)24(21(17)31-20)22(27)30-23(2,3)4/h5-12,18-20,26H,1-4H3/t18-,19+,20+/m0/s1. The van der Waals surface area contributed by atoms with Crippen LogP contribution in [0.2, 0.25) is 0 Å². The number of rotatable bonds is 2. The quantitative estimate of drug-likeness (QED) is 0.431. The highest BCUT2D eigenvalue weighted by atomic mass is 32.2. The third kappa shape index (κ3) is 3.81. The van der Waals surface area contributed by atoms with Gasteiger partial charge in [0.15, 0.2) is 6.10 Å². The predicted molar refractivity (Wildman–Crippen MR) is 119 cm³/mol. The molecule has 0 saturated heterocycles. The third-order valence-electron chi connectivity index (χ3n) is 5.26. The first-order valence-corrected chi connectivity index (χ1v) is 10.9. The van der Waals surface area contributed by atoms with Gasteiger partial charge in [-0.2, -0.15) is 0 Å². The fraction of sp³-hybridized carbons (Fsp3) is 0.348. The molecule has 0 amide bonds. The van der Waals surface area contributed by atoms with Gasteiger partial charge in [0, 0.05) is 15.9 Å². The molecule has 0 spiro atoms. The lowest BCUT2D eigenvalue weighted by atomic mass is 9.94. The van der Waals surface area contributed by atoms with E-state index in [0.29, 0.717) is 21.5 Å². The number of hydrogen-bond acceptors (Lipinski definition) is 6. The highest BCUT2D eigenvalue weighted by molar-refractivity contribution is 7.99. The Labute approximate surface area is 184 Å². The van der Waals surface area contributed by atoms with E-state index in [1.807, 2.05) is 31.2 Å². The number of nitrogens with zero attached hydrogens (tertiary/aromatic N) is 2. The molecule has 0 fully saturated rings. The number of aryl methyl sites for hydroxylation is 1. The normalized spacial score (nSPS) is 21.0. The van der Waals surface area contributed by atoms with Crippen LogP contribution in [0, 0.1) is 17.0 Å². The lowest BCUT2D eigenvalue weighted by Crippen LogP contribution is -2.36. The molecule has 1 aliphatic rings. The van der Waals surface area contributed by atoms with Gasteiger partial charge in [0.25, 0.3) is 6.04 Å². The Balaban J connectivity index is 1.93. The summed E-state index contributed by atoms with van der Waals surface area (Å²) in [5, 5.41) is 23.6. The molecule has 1 aliphatic heterocycles. The van der Waals surface area contributed by atoms with Crippen molar-refractivity contribution in [2.75, 3.05) is 0 Å². The van der Waals surface area contributed by atoms with E-state index < -0.39 is 34.0 Å². The molecule has 0 unspecified atom stereocenters. The van der Waals surface area contributed by atoms with Crippen molar-refractivity contribution in [2.24, 2.45) is 0 Å². The molecule has 4 rings (SSSR count). The average Bonchev–Trinajstić information content (AvgIpc) is 3.01. The van der Waals surface area contributed by atoms with Crippen LogP contribution in [0.4, 0.5) is 4.79 Å². The van der Waals surface area contributed by atoms with Crippen molar-refractivity contribution in [3.63, 3.8) is 0 Å². The minimum atomic E-state index is -1.37. The number of aromatic nitrogens is 1. The topological polar surface area (TPSA) is 94.6 Å². The van der Waals surface area contributed by atoms with Gasteiger partial charge in [-0.05, 0) is 39.3 Å². The van der Waals surface area contributed by atoms with Gasteiger partial charge in [0.1, 0.15) is 10.9 Å². The van der Waals surface area contributed by atoms with Crippen molar-refractivity contribution in [1.82, 2.24) is 4.57 Å². The molecule has 8 heteroatoms. The summed E-state index contributed by atoms with van der Waals surface area (Å²) < 4.78 is 7.05.